The van der Waals surface area contributed by atoms with Gasteiger partial charge in [0.2, 0.25) is 5.88 Å². The Morgan fingerprint density at radius 3 is 2.79 bits per heavy atom. The fourth-order valence-corrected chi connectivity index (χ4v) is 2.61. The largest absolute Gasteiger partial charge is 0.497 e. The number of hydrogen-bond acceptors (Lipinski definition) is 5. The Hall–Kier alpha value is -3.35. The third-order valence-electron chi connectivity index (χ3n) is 3.80. The maximum absolute atomic E-state index is 12.7. The summed E-state index contributed by atoms with van der Waals surface area (Å²) in [4.78, 5) is 21.1. The predicted molar refractivity (Wildman–Crippen MR) is 90.1 cm³/mol. The molecule has 0 unspecified atom stereocenters. The lowest BCUT2D eigenvalue weighted by Gasteiger charge is -2.03. The zero-order valence-electron chi connectivity index (χ0n) is 15.6. The minimum Gasteiger partial charge on any atom is -0.497 e. The van der Waals surface area contributed by atoms with Crippen LogP contribution >= 0.6 is 0 Å². The molecule has 0 amide bonds. The number of nitrogens with one attached hydrogen (secondary N) is 1. The smallest absolute Gasteiger partial charge is 0.280 e. The fourth-order valence-electron chi connectivity index (χ4n) is 2.61. The molecule has 3 heterocycles. The summed E-state index contributed by atoms with van der Waals surface area (Å²) in [5.41, 5.74) is 1.37. The van der Waals surface area contributed by atoms with Gasteiger partial charge in [0.05, 0.1) is 46.6 Å². The molecule has 4 rings (SSSR count). The van der Waals surface area contributed by atoms with Crippen molar-refractivity contribution in [2.75, 3.05) is 14.1 Å². The first-order chi connectivity index (χ1) is 12.9. The van der Waals surface area contributed by atoms with Gasteiger partial charge in [0.25, 0.3) is 5.56 Å². The average molecular weight is 325 g/mol. The summed E-state index contributed by atoms with van der Waals surface area (Å²) in [6.07, 6.45) is 2.97. The Morgan fingerprint density at radius 1 is 1.12 bits per heavy atom. The topological polar surface area (TPSA) is 82.0 Å². The second kappa shape index (κ2) is 5.38. The first kappa shape index (κ1) is 11.2. The SMILES string of the molecule is [2H]C([2H])([2H])Oc1ccc2c(c1)ncc1c(=O)n(-c3ccc(OC)nc3)[nH]c12. The number of H-pyrrole nitrogens is 1. The zero-order chi connectivity index (χ0) is 19.2. The standard InChI is InChI=1S/C17H14N4O3/c1-23-11-4-5-12-14(7-11)18-9-13-16(12)20-21(17(13)22)10-3-6-15(24-2)19-8-10/h3-9,20H,1-2H3/i1D3. The van der Waals surface area contributed by atoms with Crippen molar-refractivity contribution in [2.24, 2.45) is 0 Å². The van der Waals surface area contributed by atoms with E-state index in [-0.39, 0.29) is 11.3 Å². The number of hydrogen-bond donors (Lipinski definition) is 1. The van der Waals surface area contributed by atoms with Crippen LogP contribution in [0.4, 0.5) is 0 Å². The highest BCUT2D eigenvalue weighted by molar-refractivity contribution is 6.03. The molecule has 0 fully saturated rings. The zero-order valence-corrected chi connectivity index (χ0v) is 12.6. The van der Waals surface area contributed by atoms with Crippen molar-refractivity contribution < 1.29 is 13.6 Å². The number of methoxy groups -OCH3 is 2. The van der Waals surface area contributed by atoms with E-state index in [4.69, 9.17) is 13.6 Å². The highest BCUT2D eigenvalue weighted by Crippen LogP contribution is 2.24. The maximum atomic E-state index is 12.7. The van der Waals surface area contributed by atoms with E-state index in [9.17, 15) is 4.79 Å². The lowest BCUT2D eigenvalue weighted by molar-refractivity contribution is 0.397. The first-order valence-corrected chi connectivity index (χ1v) is 7.09. The van der Waals surface area contributed by atoms with Crippen LogP contribution in [0.5, 0.6) is 11.6 Å². The molecular weight excluding hydrogens is 308 g/mol. The molecule has 0 atom stereocenters. The van der Waals surface area contributed by atoms with E-state index >= 15 is 0 Å². The minimum atomic E-state index is -2.54. The van der Waals surface area contributed by atoms with Crippen LogP contribution in [0.3, 0.4) is 0 Å². The summed E-state index contributed by atoms with van der Waals surface area (Å²) in [5, 5.41) is 4.13. The third-order valence-corrected chi connectivity index (χ3v) is 3.80. The van der Waals surface area contributed by atoms with E-state index in [0.717, 1.165) is 0 Å². The molecule has 0 spiro atoms. The van der Waals surface area contributed by atoms with Crippen LogP contribution in [0.2, 0.25) is 0 Å². The van der Waals surface area contributed by atoms with Gasteiger partial charge in [0.15, 0.2) is 0 Å². The van der Waals surface area contributed by atoms with Crippen molar-refractivity contribution in [3.05, 3.63) is 53.1 Å². The molecule has 0 bridgehead atoms. The molecule has 0 saturated carbocycles. The average Bonchev–Trinajstić information content (AvgIpc) is 2.97. The molecule has 0 radical (unpaired) electrons. The van der Waals surface area contributed by atoms with Crippen LogP contribution in [-0.4, -0.2) is 33.9 Å². The van der Waals surface area contributed by atoms with Crippen LogP contribution in [0, 0.1) is 0 Å². The lowest BCUT2D eigenvalue weighted by atomic mass is 10.1. The normalized spacial score (nSPS) is 13.5. The Bertz CT molecular complexity index is 1200. The van der Waals surface area contributed by atoms with Crippen molar-refractivity contribution in [1.29, 1.82) is 0 Å². The van der Waals surface area contributed by atoms with Crippen molar-refractivity contribution in [2.45, 2.75) is 0 Å². The number of ether oxygens (including phenoxy) is 2. The molecular formula is C17H14N4O3. The maximum Gasteiger partial charge on any atom is 0.280 e. The second-order valence-corrected chi connectivity index (χ2v) is 5.14. The molecule has 24 heavy (non-hydrogen) atoms. The van der Waals surface area contributed by atoms with E-state index in [1.807, 2.05) is 0 Å². The Kier molecular flexibility index (Phi) is 2.52. The van der Waals surface area contributed by atoms with E-state index in [1.54, 1.807) is 18.2 Å². The Morgan fingerprint density at radius 2 is 2.04 bits per heavy atom. The highest BCUT2D eigenvalue weighted by Gasteiger charge is 2.12. The second-order valence-electron chi connectivity index (χ2n) is 5.14. The molecule has 1 N–H and O–H groups in total. The van der Waals surface area contributed by atoms with Crippen molar-refractivity contribution >= 4 is 21.8 Å². The van der Waals surface area contributed by atoms with E-state index in [0.29, 0.717) is 33.4 Å². The van der Waals surface area contributed by atoms with Gasteiger partial charge in [-0.15, -0.1) is 0 Å². The summed E-state index contributed by atoms with van der Waals surface area (Å²) < 4.78 is 32.9. The summed E-state index contributed by atoms with van der Waals surface area (Å²) in [6.45, 7) is 0. The van der Waals surface area contributed by atoms with E-state index in [2.05, 4.69) is 15.1 Å². The van der Waals surface area contributed by atoms with Gasteiger partial charge in [0.1, 0.15) is 5.75 Å². The first-order valence-electron chi connectivity index (χ1n) is 8.59. The molecule has 3 aromatic heterocycles. The number of aromatic amines is 1. The van der Waals surface area contributed by atoms with Gasteiger partial charge >= 0.3 is 0 Å². The quantitative estimate of drug-likeness (QED) is 0.625. The number of nitrogens with zero attached hydrogens (tertiary/aromatic N) is 3. The number of rotatable bonds is 3. The van der Waals surface area contributed by atoms with Crippen LogP contribution < -0.4 is 15.0 Å². The number of aromatic nitrogens is 4. The van der Waals surface area contributed by atoms with Gasteiger partial charge in [-0.05, 0) is 18.2 Å². The van der Waals surface area contributed by atoms with Crippen LogP contribution in [0.25, 0.3) is 27.5 Å². The van der Waals surface area contributed by atoms with Crippen LogP contribution in [0.1, 0.15) is 4.11 Å². The van der Waals surface area contributed by atoms with E-state index < -0.39 is 7.04 Å². The molecule has 0 aliphatic carbocycles. The third kappa shape index (κ3) is 2.10. The number of benzene rings is 1. The summed E-state index contributed by atoms with van der Waals surface area (Å²) in [7, 11) is -1.03. The summed E-state index contributed by atoms with van der Waals surface area (Å²) in [5.74, 6) is 0.618. The van der Waals surface area contributed by atoms with Gasteiger partial charge in [0, 0.05) is 23.7 Å². The highest BCUT2D eigenvalue weighted by atomic mass is 16.5. The van der Waals surface area contributed by atoms with Crippen molar-refractivity contribution in [3.63, 3.8) is 0 Å². The van der Waals surface area contributed by atoms with Crippen molar-refractivity contribution in [3.8, 4) is 17.3 Å². The fraction of sp³-hybridized carbons (Fsp3) is 0.118. The van der Waals surface area contributed by atoms with E-state index in [1.165, 1.54) is 36.3 Å². The van der Waals surface area contributed by atoms with Gasteiger partial charge in [-0.2, -0.15) is 0 Å². The van der Waals surface area contributed by atoms with Crippen LogP contribution in [-0.2, 0) is 0 Å². The molecule has 7 nitrogen and oxygen atoms in total. The van der Waals surface area contributed by atoms with Crippen molar-refractivity contribution in [1.82, 2.24) is 19.7 Å². The van der Waals surface area contributed by atoms with Gasteiger partial charge in [-0.25, -0.2) is 9.67 Å². The molecule has 120 valence electrons. The summed E-state index contributed by atoms with van der Waals surface area (Å²) >= 11 is 0. The lowest BCUT2D eigenvalue weighted by Crippen LogP contribution is -2.14. The molecule has 7 heteroatoms. The molecule has 0 aliphatic heterocycles. The molecule has 1 aromatic carbocycles. The Labute approximate surface area is 140 Å². The monoisotopic (exact) mass is 325 g/mol. The van der Waals surface area contributed by atoms with Gasteiger partial charge in [-0.1, -0.05) is 0 Å². The van der Waals surface area contributed by atoms with Gasteiger partial charge < -0.3 is 9.47 Å². The predicted octanol–water partition coefficient (Wildman–Crippen LogP) is 2.28. The summed E-state index contributed by atoms with van der Waals surface area (Å²) in [6, 6.07) is 8.08. The minimum absolute atomic E-state index is 0.176. The molecule has 0 saturated heterocycles. The van der Waals surface area contributed by atoms with Gasteiger partial charge in [-0.3, -0.25) is 14.9 Å². The number of fused-ring (bicyclic) bond motifs is 3. The number of pyridine rings is 2. The molecule has 0 aliphatic rings. The van der Waals surface area contributed by atoms with Crippen LogP contribution in [0.15, 0.2) is 47.5 Å². The Balaban J connectivity index is 1.85. The molecule has 4 aromatic rings.